The Morgan fingerprint density at radius 2 is 1.59 bits per heavy atom. The van der Waals surface area contributed by atoms with E-state index in [9.17, 15) is 22.8 Å². The minimum absolute atomic E-state index is 0.0220. The lowest BCUT2D eigenvalue weighted by Crippen LogP contribution is -2.40. The average molecular weight is 665 g/mol. The minimum Gasteiger partial charge on any atom is -0.462 e. The summed E-state index contributed by atoms with van der Waals surface area (Å²) < 4.78 is 39.2. The van der Waals surface area contributed by atoms with Crippen LogP contribution in [0.25, 0.3) is 5.69 Å². The van der Waals surface area contributed by atoms with Gasteiger partial charge < -0.3 is 20.1 Å². The van der Waals surface area contributed by atoms with Crippen molar-refractivity contribution in [3.05, 3.63) is 95.8 Å². The third-order valence-electron chi connectivity index (χ3n) is 6.86. The summed E-state index contributed by atoms with van der Waals surface area (Å²) in [6, 6.07) is 21.5. The summed E-state index contributed by atoms with van der Waals surface area (Å²) in [6.07, 6.45) is 0. The number of nitrogens with zero attached hydrogens (tertiary/aromatic N) is 4. The third-order valence-corrected chi connectivity index (χ3v) is 9.70. The second-order valence-corrected chi connectivity index (χ2v) is 12.8. The lowest BCUT2D eigenvalue weighted by Gasteiger charge is -2.26. The lowest BCUT2D eigenvalue weighted by molar-refractivity contribution is -0.113. The van der Waals surface area contributed by atoms with E-state index in [0.29, 0.717) is 35.4 Å². The molecule has 1 aliphatic heterocycles. The van der Waals surface area contributed by atoms with Gasteiger partial charge in [0, 0.05) is 30.0 Å². The van der Waals surface area contributed by atoms with E-state index in [0.717, 1.165) is 5.69 Å². The van der Waals surface area contributed by atoms with E-state index in [2.05, 4.69) is 20.8 Å². The van der Waals surface area contributed by atoms with Gasteiger partial charge in [-0.05, 0) is 67.6 Å². The topological polar surface area (TPSA) is 162 Å². The van der Waals surface area contributed by atoms with Gasteiger partial charge in [-0.25, -0.2) is 13.2 Å². The van der Waals surface area contributed by atoms with Crippen LogP contribution in [-0.2, 0) is 30.8 Å². The van der Waals surface area contributed by atoms with Gasteiger partial charge in [0.25, 0.3) is 5.91 Å². The van der Waals surface area contributed by atoms with Crippen molar-refractivity contribution >= 4 is 45.3 Å². The maximum absolute atomic E-state index is 13.0. The summed E-state index contributed by atoms with van der Waals surface area (Å²) in [5, 5.41) is 14.6. The zero-order chi connectivity index (χ0) is 32.5. The van der Waals surface area contributed by atoms with Crippen LogP contribution in [0.1, 0.15) is 33.5 Å². The van der Waals surface area contributed by atoms with Gasteiger partial charge >= 0.3 is 5.97 Å². The number of hydrogen-bond acceptors (Lipinski definition) is 10. The zero-order valence-corrected chi connectivity index (χ0v) is 26.6. The van der Waals surface area contributed by atoms with E-state index < -0.39 is 21.9 Å². The number of thioether (sulfide) groups is 1. The highest BCUT2D eigenvalue weighted by atomic mass is 32.2. The quantitative estimate of drug-likeness (QED) is 0.170. The van der Waals surface area contributed by atoms with E-state index >= 15 is 0 Å². The summed E-state index contributed by atoms with van der Waals surface area (Å²) in [6.45, 7) is 3.27. The van der Waals surface area contributed by atoms with Crippen LogP contribution in [0.2, 0.25) is 0 Å². The summed E-state index contributed by atoms with van der Waals surface area (Å²) in [5.74, 6) is -0.679. The predicted octanol–water partition coefficient (Wildman–Crippen LogP) is 3.13. The monoisotopic (exact) mass is 664 g/mol. The molecule has 240 valence electrons. The molecule has 0 bridgehead atoms. The van der Waals surface area contributed by atoms with Crippen LogP contribution in [0.4, 0.5) is 5.69 Å². The van der Waals surface area contributed by atoms with Gasteiger partial charge in [0.2, 0.25) is 15.9 Å². The van der Waals surface area contributed by atoms with Crippen LogP contribution in [0.5, 0.6) is 0 Å². The molecule has 0 spiro atoms. The molecule has 0 saturated carbocycles. The molecule has 0 atom stereocenters. The van der Waals surface area contributed by atoms with Crippen LogP contribution < -0.4 is 10.6 Å². The summed E-state index contributed by atoms with van der Waals surface area (Å²) in [4.78, 5) is 37.7. The lowest BCUT2D eigenvalue weighted by atomic mass is 10.2. The van der Waals surface area contributed by atoms with E-state index in [4.69, 9.17) is 9.47 Å². The van der Waals surface area contributed by atoms with Crippen molar-refractivity contribution in [3.63, 3.8) is 0 Å². The Kier molecular flexibility index (Phi) is 10.8. The molecule has 0 aliphatic carbocycles. The van der Waals surface area contributed by atoms with Gasteiger partial charge in [-0.15, -0.1) is 10.2 Å². The molecule has 3 aromatic carbocycles. The molecule has 1 aliphatic rings. The molecule has 2 amide bonds. The largest absolute Gasteiger partial charge is 0.462 e. The molecule has 2 N–H and O–H groups in total. The van der Waals surface area contributed by atoms with Gasteiger partial charge in [0.05, 0.1) is 42.6 Å². The average Bonchev–Trinajstić information content (AvgIpc) is 3.50. The van der Waals surface area contributed by atoms with Gasteiger partial charge in [-0.3, -0.25) is 14.2 Å². The molecule has 1 aromatic heterocycles. The Morgan fingerprint density at radius 1 is 0.913 bits per heavy atom. The highest BCUT2D eigenvalue weighted by Crippen LogP contribution is 2.23. The number of amides is 2. The number of aromatic nitrogens is 3. The predicted molar refractivity (Wildman–Crippen MR) is 170 cm³/mol. The maximum Gasteiger partial charge on any atom is 0.338 e. The second-order valence-electron chi connectivity index (χ2n) is 9.93. The molecule has 0 radical (unpaired) electrons. The van der Waals surface area contributed by atoms with E-state index in [1.807, 2.05) is 30.3 Å². The number of esters is 1. The summed E-state index contributed by atoms with van der Waals surface area (Å²) >= 11 is 1.17. The van der Waals surface area contributed by atoms with Gasteiger partial charge in [-0.2, -0.15) is 4.31 Å². The fourth-order valence-corrected chi connectivity index (χ4v) is 6.73. The van der Waals surface area contributed by atoms with E-state index in [1.54, 1.807) is 35.8 Å². The molecule has 1 fully saturated rings. The summed E-state index contributed by atoms with van der Waals surface area (Å²) in [7, 11) is -3.68. The first-order valence-corrected chi connectivity index (χ1v) is 16.8. The number of anilines is 1. The third kappa shape index (κ3) is 7.98. The first-order valence-electron chi connectivity index (χ1n) is 14.4. The fraction of sp³-hybridized carbons (Fsp3) is 0.258. The first kappa shape index (κ1) is 32.8. The van der Waals surface area contributed by atoms with Crippen LogP contribution in [-0.4, -0.2) is 83.9 Å². The number of ether oxygens (including phenoxy) is 2. The van der Waals surface area contributed by atoms with Crippen LogP contribution >= 0.6 is 11.8 Å². The second kappa shape index (κ2) is 15.1. The first-order chi connectivity index (χ1) is 22.3. The molecule has 4 aromatic rings. The SMILES string of the molecule is CCOC(=O)c1ccc(NC(=O)CSc2nnc(CNC(=O)c3ccc(S(=O)(=O)N4CCOCC4)cc3)n2-c2ccccc2)cc1. The molecule has 1 saturated heterocycles. The zero-order valence-electron chi connectivity index (χ0n) is 24.9. The number of nitrogens with one attached hydrogen (secondary N) is 2. The number of morpholine rings is 1. The molecule has 46 heavy (non-hydrogen) atoms. The van der Waals surface area contributed by atoms with Gasteiger partial charge in [-0.1, -0.05) is 30.0 Å². The number of hydrogen-bond donors (Lipinski definition) is 2. The van der Waals surface area contributed by atoms with E-state index in [1.165, 1.54) is 40.3 Å². The van der Waals surface area contributed by atoms with Crippen molar-refractivity contribution < 1.29 is 32.3 Å². The maximum atomic E-state index is 13.0. The van der Waals surface area contributed by atoms with Crippen molar-refractivity contribution in [2.75, 3.05) is 44.0 Å². The Hall–Kier alpha value is -4.57. The molecule has 0 unspecified atom stereocenters. The van der Waals surface area contributed by atoms with Gasteiger partial charge in [0.1, 0.15) is 0 Å². The number of para-hydroxylation sites is 1. The standard InChI is InChI=1S/C31H32N6O7S2/c1-2-44-30(40)23-8-12-24(13-9-23)33-28(38)21-45-31-35-34-27(37(31)25-6-4-3-5-7-25)20-32-29(39)22-10-14-26(15-11-22)46(41,42)36-16-18-43-19-17-36/h3-15H,2,16-21H2,1H3,(H,32,39)(H,33,38). The Balaban J connectivity index is 1.22. The minimum atomic E-state index is -3.68. The molecular weight excluding hydrogens is 633 g/mol. The Morgan fingerprint density at radius 3 is 2.26 bits per heavy atom. The van der Waals surface area contributed by atoms with Crippen molar-refractivity contribution in [2.45, 2.75) is 23.5 Å². The van der Waals surface area contributed by atoms with Gasteiger partial charge in [0.15, 0.2) is 11.0 Å². The molecule has 15 heteroatoms. The number of sulfonamides is 1. The van der Waals surface area contributed by atoms with Crippen molar-refractivity contribution in [1.82, 2.24) is 24.4 Å². The molecule has 2 heterocycles. The molecule has 13 nitrogen and oxygen atoms in total. The van der Waals surface area contributed by atoms with Crippen molar-refractivity contribution in [1.29, 1.82) is 0 Å². The van der Waals surface area contributed by atoms with E-state index in [-0.39, 0.29) is 48.4 Å². The number of carbonyl (C=O) groups is 3. The van der Waals surface area contributed by atoms with Crippen molar-refractivity contribution in [2.24, 2.45) is 0 Å². The van der Waals surface area contributed by atoms with Crippen LogP contribution in [0.15, 0.2) is 88.9 Å². The molecule has 5 rings (SSSR count). The number of benzene rings is 3. The van der Waals surface area contributed by atoms with Crippen LogP contribution in [0.3, 0.4) is 0 Å². The highest BCUT2D eigenvalue weighted by molar-refractivity contribution is 7.99. The van der Waals surface area contributed by atoms with Crippen molar-refractivity contribution in [3.8, 4) is 5.69 Å². The molecular formula is C31H32N6O7S2. The Labute approximate surface area is 270 Å². The number of carbonyl (C=O) groups excluding carboxylic acids is 3. The normalized spacial score (nSPS) is 13.6. The highest BCUT2D eigenvalue weighted by Gasteiger charge is 2.26. The fourth-order valence-electron chi connectivity index (χ4n) is 4.55. The van der Waals surface area contributed by atoms with Crippen LogP contribution in [0, 0.1) is 0 Å². The number of rotatable bonds is 12. The smallest absolute Gasteiger partial charge is 0.338 e. The Bertz CT molecular complexity index is 1770. The summed E-state index contributed by atoms with van der Waals surface area (Å²) in [5.41, 5.74) is 1.94.